The number of hydrogen-bond acceptors (Lipinski definition) is 2. The third kappa shape index (κ3) is 3.69. The van der Waals surface area contributed by atoms with Crippen molar-refractivity contribution in [1.82, 2.24) is 10.2 Å². The summed E-state index contributed by atoms with van der Waals surface area (Å²) >= 11 is 0. The van der Waals surface area contributed by atoms with Crippen LogP contribution in [0.3, 0.4) is 0 Å². The van der Waals surface area contributed by atoms with Gasteiger partial charge in [-0.3, -0.25) is 9.89 Å². The number of halogens is 3. The maximum atomic E-state index is 13.9. The summed E-state index contributed by atoms with van der Waals surface area (Å²) < 4.78 is 40.8. The summed E-state index contributed by atoms with van der Waals surface area (Å²) in [5.74, 6) is -1.04. The van der Waals surface area contributed by atoms with Gasteiger partial charge in [-0.05, 0) is 29.2 Å². The Morgan fingerprint density at radius 1 is 1.15 bits per heavy atom. The van der Waals surface area contributed by atoms with Crippen molar-refractivity contribution in [3.8, 4) is 11.1 Å². The Morgan fingerprint density at radius 3 is 2.58 bits per heavy atom. The summed E-state index contributed by atoms with van der Waals surface area (Å²) in [6.07, 6.45) is 0.275. The molecule has 0 saturated carbocycles. The number of carbonyl (C=O) groups excluding carboxylic acids is 1. The molecule has 0 amide bonds. The van der Waals surface area contributed by atoms with Gasteiger partial charge in [-0.25, -0.2) is 13.2 Å². The van der Waals surface area contributed by atoms with E-state index in [0.29, 0.717) is 16.7 Å². The molecule has 3 rings (SSSR count). The molecular formula is C20H17F3N2O. The molecule has 2 aromatic carbocycles. The first-order chi connectivity index (χ1) is 12.5. The molecule has 3 nitrogen and oxygen atoms in total. The highest BCUT2D eigenvalue weighted by atomic mass is 19.3. The summed E-state index contributed by atoms with van der Waals surface area (Å²) in [6, 6.07) is 10.5. The van der Waals surface area contributed by atoms with E-state index in [4.69, 9.17) is 0 Å². The standard InChI is InChI=1S/C20H17F3N2O/c1-12(15-4-2-3-5-18(15)21)8-19(26)13-6-7-16(14-10-24-25-11-14)17(9-13)20(22)23/h2-7,9-12,20H,8H2,1H3,(H,24,25). The molecule has 0 aliphatic heterocycles. The van der Waals surface area contributed by atoms with Gasteiger partial charge >= 0.3 is 0 Å². The molecule has 1 unspecified atom stereocenters. The zero-order chi connectivity index (χ0) is 18.7. The lowest BCUT2D eigenvalue weighted by atomic mass is 9.91. The highest BCUT2D eigenvalue weighted by Gasteiger charge is 2.20. The van der Waals surface area contributed by atoms with Gasteiger partial charge in [0.25, 0.3) is 6.43 Å². The normalized spacial score (nSPS) is 12.3. The Balaban J connectivity index is 1.86. The number of nitrogens with zero attached hydrogens (tertiary/aromatic N) is 1. The van der Waals surface area contributed by atoms with Crippen LogP contribution in [0.25, 0.3) is 11.1 Å². The molecule has 0 bridgehead atoms. The molecule has 0 aliphatic rings. The molecular weight excluding hydrogens is 341 g/mol. The van der Waals surface area contributed by atoms with Crippen LogP contribution in [0.4, 0.5) is 13.2 Å². The average molecular weight is 358 g/mol. The molecule has 0 aliphatic carbocycles. The molecule has 1 N–H and O–H groups in total. The molecule has 1 aromatic heterocycles. The van der Waals surface area contributed by atoms with Crippen LogP contribution in [0.5, 0.6) is 0 Å². The molecule has 0 fully saturated rings. The van der Waals surface area contributed by atoms with Crippen molar-refractivity contribution in [3.63, 3.8) is 0 Å². The molecule has 26 heavy (non-hydrogen) atoms. The van der Waals surface area contributed by atoms with Gasteiger partial charge in [0.1, 0.15) is 5.82 Å². The van der Waals surface area contributed by atoms with Gasteiger partial charge in [0.2, 0.25) is 0 Å². The lowest BCUT2D eigenvalue weighted by Crippen LogP contribution is -2.07. The van der Waals surface area contributed by atoms with Crippen LogP contribution in [0.2, 0.25) is 0 Å². The van der Waals surface area contributed by atoms with E-state index in [0.717, 1.165) is 0 Å². The predicted octanol–water partition coefficient (Wildman–Crippen LogP) is 5.53. The van der Waals surface area contributed by atoms with Crippen molar-refractivity contribution in [2.75, 3.05) is 0 Å². The van der Waals surface area contributed by atoms with Crippen molar-refractivity contribution >= 4 is 5.78 Å². The monoisotopic (exact) mass is 358 g/mol. The highest BCUT2D eigenvalue weighted by molar-refractivity contribution is 5.97. The number of hydrogen-bond donors (Lipinski definition) is 1. The fourth-order valence-electron chi connectivity index (χ4n) is 2.96. The number of aromatic nitrogens is 2. The number of aromatic amines is 1. The first-order valence-electron chi connectivity index (χ1n) is 8.16. The zero-order valence-corrected chi connectivity index (χ0v) is 14.0. The SMILES string of the molecule is CC(CC(=O)c1ccc(-c2cn[nH]c2)c(C(F)F)c1)c1ccccc1F. The fraction of sp³-hybridized carbons (Fsp3) is 0.200. The van der Waals surface area contributed by atoms with Crippen molar-refractivity contribution in [2.45, 2.75) is 25.7 Å². The van der Waals surface area contributed by atoms with E-state index in [1.54, 1.807) is 25.1 Å². The van der Waals surface area contributed by atoms with Crippen LogP contribution in [0.1, 0.15) is 47.2 Å². The smallest absolute Gasteiger partial charge is 0.264 e. The average Bonchev–Trinajstić information content (AvgIpc) is 3.15. The topological polar surface area (TPSA) is 45.8 Å². The Morgan fingerprint density at radius 2 is 1.92 bits per heavy atom. The maximum absolute atomic E-state index is 13.9. The fourth-order valence-corrected chi connectivity index (χ4v) is 2.96. The highest BCUT2D eigenvalue weighted by Crippen LogP contribution is 2.32. The summed E-state index contributed by atoms with van der Waals surface area (Å²) in [5.41, 5.74) is 1.25. The minimum absolute atomic E-state index is 0.0364. The number of nitrogens with one attached hydrogen (secondary N) is 1. The second-order valence-electron chi connectivity index (χ2n) is 6.14. The van der Waals surface area contributed by atoms with E-state index in [1.807, 2.05) is 0 Å². The zero-order valence-electron chi connectivity index (χ0n) is 14.0. The van der Waals surface area contributed by atoms with Gasteiger partial charge in [-0.2, -0.15) is 5.10 Å². The molecule has 1 heterocycles. The van der Waals surface area contributed by atoms with E-state index in [9.17, 15) is 18.0 Å². The van der Waals surface area contributed by atoms with E-state index in [2.05, 4.69) is 10.2 Å². The van der Waals surface area contributed by atoms with E-state index >= 15 is 0 Å². The summed E-state index contributed by atoms with van der Waals surface area (Å²) in [6.45, 7) is 1.74. The van der Waals surface area contributed by atoms with Crippen LogP contribution in [-0.4, -0.2) is 16.0 Å². The van der Waals surface area contributed by atoms with Gasteiger partial charge in [-0.15, -0.1) is 0 Å². The summed E-state index contributed by atoms with van der Waals surface area (Å²) in [7, 11) is 0. The first-order valence-corrected chi connectivity index (χ1v) is 8.16. The maximum Gasteiger partial charge on any atom is 0.264 e. The quantitative estimate of drug-likeness (QED) is 0.589. The largest absolute Gasteiger partial charge is 0.294 e. The Labute approximate surface area is 148 Å². The number of carbonyl (C=O) groups is 1. The van der Waals surface area contributed by atoms with Crippen LogP contribution >= 0.6 is 0 Å². The number of ketones is 1. The summed E-state index contributed by atoms with van der Waals surface area (Å²) in [5, 5.41) is 6.35. The number of rotatable bonds is 6. The van der Waals surface area contributed by atoms with Crippen LogP contribution < -0.4 is 0 Å². The minimum atomic E-state index is -2.73. The Bertz CT molecular complexity index is 907. The molecule has 3 aromatic rings. The molecule has 1 atom stereocenters. The van der Waals surface area contributed by atoms with E-state index in [1.165, 1.54) is 36.7 Å². The van der Waals surface area contributed by atoms with Crippen LogP contribution in [0.15, 0.2) is 54.9 Å². The van der Waals surface area contributed by atoms with Gasteiger partial charge in [0.15, 0.2) is 5.78 Å². The number of Topliss-reactive ketones (excluding diaryl/α,β-unsaturated/α-hetero) is 1. The molecule has 134 valence electrons. The number of benzene rings is 2. The van der Waals surface area contributed by atoms with Gasteiger partial charge in [0.05, 0.1) is 6.20 Å². The number of alkyl halides is 2. The van der Waals surface area contributed by atoms with Crippen molar-refractivity contribution in [1.29, 1.82) is 0 Å². The third-order valence-electron chi connectivity index (χ3n) is 4.35. The van der Waals surface area contributed by atoms with Crippen molar-refractivity contribution in [3.05, 3.63) is 77.4 Å². The first kappa shape index (κ1) is 17.9. The van der Waals surface area contributed by atoms with E-state index in [-0.39, 0.29) is 35.1 Å². The molecule has 0 saturated heterocycles. The van der Waals surface area contributed by atoms with Crippen molar-refractivity contribution < 1.29 is 18.0 Å². The second kappa shape index (κ2) is 7.56. The minimum Gasteiger partial charge on any atom is -0.294 e. The molecule has 6 heteroatoms. The van der Waals surface area contributed by atoms with E-state index < -0.39 is 6.43 Å². The lowest BCUT2D eigenvalue weighted by Gasteiger charge is -2.14. The van der Waals surface area contributed by atoms with Gasteiger partial charge < -0.3 is 0 Å². The lowest BCUT2D eigenvalue weighted by molar-refractivity contribution is 0.0975. The summed E-state index contributed by atoms with van der Waals surface area (Å²) in [4.78, 5) is 12.5. The van der Waals surface area contributed by atoms with Crippen LogP contribution in [-0.2, 0) is 0 Å². The molecule has 0 radical (unpaired) electrons. The van der Waals surface area contributed by atoms with Gasteiger partial charge in [0, 0.05) is 29.3 Å². The second-order valence-corrected chi connectivity index (χ2v) is 6.14. The van der Waals surface area contributed by atoms with Gasteiger partial charge in [-0.1, -0.05) is 37.3 Å². The Hall–Kier alpha value is -2.89. The Kier molecular flexibility index (Phi) is 5.21. The van der Waals surface area contributed by atoms with Crippen molar-refractivity contribution in [2.24, 2.45) is 0 Å². The molecule has 0 spiro atoms. The number of H-pyrrole nitrogens is 1. The predicted molar refractivity (Wildman–Crippen MR) is 92.7 cm³/mol. The third-order valence-corrected chi connectivity index (χ3v) is 4.35. The van der Waals surface area contributed by atoms with Crippen LogP contribution in [0, 0.1) is 5.82 Å².